The number of Topliss-reactive ketones (excluding diaryl/α,β-unsaturated/α-hetero) is 4. The van der Waals surface area contributed by atoms with Crippen LogP contribution in [0.15, 0.2) is 24.3 Å². The number of carbonyl (C=O) groups excluding carboxylic acids is 4. The minimum absolute atomic E-state index is 0.0156. The second-order valence-corrected chi connectivity index (χ2v) is 4.82. The standard InChI is InChI=1S/C10H10O2.C6H11NO2/c1-7(11)9-4-3-5-10(6-9)8(2)12;1-4(8)3-6(7)5(2)9/h3-6H,1-2H3;6H,3,7H2,1-2H3. The maximum absolute atomic E-state index is 10.9. The van der Waals surface area contributed by atoms with Gasteiger partial charge in [0.15, 0.2) is 11.6 Å². The summed E-state index contributed by atoms with van der Waals surface area (Å²) in [5.74, 6) is -0.209. The molecular weight excluding hydrogens is 270 g/mol. The van der Waals surface area contributed by atoms with Crippen LogP contribution in [0.2, 0.25) is 0 Å². The molecule has 2 N–H and O–H groups in total. The summed E-state index contributed by atoms with van der Waals surface area (Å²) in [5.41, 5.74) is 6.42. The van der Waals surface area contributed by atoms with Crippen LogP contribution in [-0.2, 0) is 9.59 Å². The Bertz CT molecular complexity index is 520. The van der Waals surface area contributed by atoms with E-state index in [1.165, 1.54) is 27.7 Å². The number of nitrogens with two attached hydrogens (primary N) is 1. The highest BCUT2D eigenvalue weighted by Gasteiger charge is 2.09. The van der Waals surface area contributed by atoms with Crippen LogP contribution < -0.4 is 5.73 Å². The molecule has 0 amide bonds. The fourth-order valence-corrected chi connectivity index (χ4v) is 1.41. The zero-order valence-corrected chi connectivity index (χ0v) is 12.8. The number of hydrogen-bond donors (Lipinski definition) is 1. The molecule has 0 aliphatic heterocycles. The third kappa shape index (κ3) is 7.89. The Morgan fingerprint density at radius 3 is 1.62 bits per heavy atom. The van der Waals surface area contributed by atoms with Crippen molar-refractivity contribution in [3.63, 3.8) is 0 Å². The lowest BCUT2D eigenvalue weighted by molar-refractivity contribution is -0.123. The van der Waals surface area contributed by atoms with Crippen molar-refractivity contribution in [1.82, 2.24) is 0 Å². The maximum atomic E-state index is 10.9. The first-order valence-corrected chi connectivity index (χ1v) is 6.52. The van der Waals surface area contributed by atoms with Crippen LogP contribution in [0.3, 0.4) is 0 Å². The van der Waals surface area contributed by atoms with Gasteiger partial charge in [0.2, 0.25) is 0 Å². The van der Waals surface area contributed by atoms with Gasteiger partial charge in [-0.3, -0.25) is 19.2 Å². The minimum atomic E-state index is -0.595. The van der Waals surface area contributed by atoms with Gasteiger partial charge in [-0.1, -0.05) is 18.2 Å². The van der Waals surface area contributed by atoms with Crippen LogP contribution in [-0.4, -0.2) is 29.2 Å². The summed E-state index contributed by atoms with van der Waals surface area (Å²) < 4.78 is 0. The van der Waals surface area contributed by atoms with Crippen LogP contribution in [0.5, 0.6) is 0 Å². The largest absolute Gasteiger partial charge is 0.321 e. The van der Waals surface area contributed by atoms with E-state index in [9.17, 15) is 19.2 Å². The molecule has 0 aliphatic carbocycles. The van der Waals surface area contributed by atoms with Crippen molar-refractivity contribution < 1.29 is 19.2 Å². The van der Waals surface area contributed by atoms with E-state index < -0.39 is 6.04 Å². The Morgan fingerprint density at radius 1 is 0.952 bits per heavy atom. The molecular formula is C16H21NO4. The number of rotatable bonds is 5. The topological polar surface area (TPSA) is 94.3 Å². The highest BCUT2D eigenvalue weighted by atomic mass is 16.1. The second kappa shape index (κ2) is 8.92. The van der Waals surface area contributed by atoms with Gasteiger partial charge in [-0.05, 0) is 33.8 Å². The van der Waals surface area contributed by atoms with Gasteiger partial charge in [0, 0.05) is 17.5 Å². The first kappa shape index (κ1) is 18.9. The predicted molar refractivity (Wildman–Crippen MR) is 80.4 cm³/mol. The third-order valence-corrected chi connectivity index (χ3v) is 2.71. The summed E-state index contributed by atoms with van der Waals surface area (Å²) >= 11 is 0. The molecule has 21 heavy (non-hydrogen) atoms. The van der Waals surface area contributed by atoms with Gasteiger partial charge in [-0.2, -0.15) is 0 Å². The SMILES string of the molecule is CC(=O)CC(N)C(C)=O.CC(=O)c1cccc(C(C)=O)c1. The molecule has 1 rings (SSSR count). The summed E-state index contributed by atoms with van der Waals surface area (Å²) in [4.78, 5) is 42.5. The highest BCUT2D eigenvalue weighted by Crippen LogP contribution is 2.06. The normalized spacial score (nSPS) is 10.9. The molecule has 0 saturated carbocycles. The molecule has 0 aromatic heterocycles. The molecule has 0 bridgehead atoms. The average molecular weight is 291 g/mol. The summed E-state index contributed by atoms with van der Waals surface area (Å²) in [5, 5.41) is 0. The molecule has 0 radical (unpaired) electrons. The number of benzene rings is 1. The zero-order chi connectivity index (χ0) is 16.6. The van der Waals surface area contributed by atoms with E-state index in [4.69, 9.17) is 5.73 Å². The first-order valence-electron chi connectivity index (χ1n) is 6.52. The quantitative estimate of drug-likeness (QED) is 0.837. The van der Waals surface area contributed by atoms with Crippen LogP contribution in [0.25, 0.3) is 0 Å². The van der Waals surface area contributed by atoms with Crippen molar-refractivity contribution in [3.8, 4) is 0 Å². The molecule has 1 aromatic rings. The van der Waals surface area contributed by atoms with E-state index in [-0.39, 0.29) is 29.6 Å². The Hall–Kier alpha value is -2.14. The molecule has 0 saturated heterocycles. The smallest absolute Gasteiger partial charge is 0.159 e. The Balaban J connectivity index is 0.000000400. The van der Waals surface area contributed by atoms with Gasteiger partial charge in [-0.25, -0.2) is 0 Å². The van der Waals surface area contributed by atoms with E-state index in [0.29, 0.717) is 11.1 Å². The number of hydrogen-bond acceptors (Lipinski definition) is 5. The van der Waals surface area contributed by atoms with Gasteiger partial charge in [0.1, 0.15) is 11.6 Å². The van der Waals surface area contributed by atoms with E-state index in [1.54, 1.807) is 24.3 Å². The lowest BCUT2D eigenvalue weighted by atomic mass is 10.1. The Labute approximate surface area is 124 Å². The number of ketones is 4. The van der Waals surface area contributed by atoms with Crippen LogP contribution in [0.4, 0.5) is 0 Å². The molecule has 5 nitrogen and oxygen atoms in total. The number of carbonyl (C=O) groups is 4. The average Bonchev–Trinajstić information content (AvgIpc) is 2.38. The first-order chi connectivity index (χ1) is 9.65. The van der Waals surface area contributed by atoms with Crippen LogP contribution in [0.1, 0.15) is 54.8 Å². The lowest BCUT2D eigenvalue weighted by Gasteiger charge is -2.01. The fourth-order valence-electron chi connectivity index (χ4n) is 1.41. The summed E-state index contributed by atoms with van der Waals surface area (Å²) in [6.45, 7) is 5.77. The third-order valence-electron chi connectivity index (χ3n) is 2.71. The Morgan fingerprint density at radius 2 is 1.38 bits per heavy atom. The van der Waals surface area contributed by atoms with Gasteiger partial charge in [-0.15, -0.1) is 0 Å². The molecule has 5 heteroatoms. The molecule has 0 heterocycles. The van der Waals surface area contributed by atoms with Crippen LogP contribution >= 0.6 is 0 Å². The van der Waals surface area contributed by atoms with Crippen molar-refractivity contribution >= 4 is 23.1 Å². The summed E-state index contributed by atoms with van der Waals surface area (Å²) in [7, 11) is 0. The van der Waals surface area contributed by atoms with Crippen molar-refractivity contribution in [1.29, 1.82) is 0 Å². The molecule has 1 atom stereocenters. The Kier molecular flexibility index (Phi) is 8.01. The molecule has 0 fully saturated rings. The molecule has 114 valence electrons. The molecule has 1 unspecified atom stereocenters. The molecule has 1 aromatic carbocycles. The monoisotopic (exact) mass is 291 g/mol. The van der Waals surface area contributed by atoms with Gasteiger partial charge < -0.3 is 5.73 Å². The van der Waals surface area contributed by atoms with Crippen molar-refractivity contribution in [2.45, 2.75) is 40.2 Å². The van der Waals surface area contributed by atoms with Crippen LogP contribution in [0, 0.1) is 0 Å². The van der Waals surface area contributed by atoms with Crippen molar-refractivity contribution in [2.24, 2.45) is 5.73 Å². The predicted octanol–water partition coefficient (Wildman–Crippen LogP) is 1.97. The van der Waals surface area contributed by atoms with E-state index in [2.05, 4.69) is 0 Å². The van der Waals surface area contributed by atoms with Gasteiger partial charge in [0.05, 0.1) is 6.04 Å². The van der Waals surface area contributed by atoms with E-state index in [1.807, 2.05) is 0 Å². The summed E-state index contributed by atoms with van der Waals surface area (Å²) in [6.07, 6.45) is 0.162. The molecule has 0 aliphatic rings. The zero-order valence-electron chi connectivity index (χ0n) is 12.8. The van der Waals surface area contributed by atoms with E-state index in [0.717, 1.165) is 0 Å². The van der Waals surface area contributed by atoms with Gasteiger partial charge in [0.25, 0.3) is 0 Å². The van der Waals surface area contributed by atoms with Gasteiger partial charge >= 0.3 is 0 Å². The van der Waals surface area contributed by atoms with Crippen molar-refractivity contribution in [2.75, 3.05) is 0 Å². The summed E-state index contributed by atoms with van der Waals surface area (Å²) in [6, 6.07) is 6.14. The second-order valence-electron chi connectivity index (χ2n) is 4.82. The highest BCUT2D eigenvalue weighted by molar-refractivity contribution is 5.99. The maximum Gasteiger partial charge on any atom is 0.159 e. The van der Waals surface area contributed by atoms with E-state index >= 15 is 0 Å². The molecule has 0 spiro atoms. The minimum Gasteiger partial charge on any atom is -0.321 e. The van der Waals surface area contributed by atoms with Crippen molar-refractivity contribution in [3.05, 3.63) is 35.4 Å². The fraction of sp³-hybridized carbons (Fsp3) is 0.375. The lowest BCUT2D eigenvalue weighted by Crippen LogP contribution is -2.30.